The van der Waals surface area contributed by atoms with Crippen LogP contribution in [0.4, 0.5) is 0 Å². The summed E-state index contributed by atoms with van der Waals surface area (Å²) >= 11 is 0. The summed E-state index contributed by atoms with van der Waals surface area (Å²) in [6, 6.07) is 8.51. The molecule has 0 spiro atoms. The van der Waals surface area contributed by atoms with E-state index in [9.17, 15) is 0 Å². The summed E-state index contributed by atoms with van der Waals surface area (Å²) in [7, 11) is 0.875. The summed E-state index contributed by atoms with van der Waals surface area (Å²) in [6.07, 6.45) is 0. The van der Waals surface area contributed by atoms with Crippen molar-refractivity contribution in [1.82, 2.24) is 0 Å². The van der Waals surface area contributed by atoms with E-state index in [0.29, 0.717) is 5.46 Å². The maximum atomic E-state index is 8.46. The van der Waals surface area contributed by atoms with Crippen molar-refractivity contribution in [2.24, 2.45) is 0 Å². The highest BCUT2D eigenvalue weighted by atomic mass is 17.0. The number of quaternary nitrogens is 1. The van der Waals surface area contributed by atoms with E-state index in [1.165, 1.54) is 0 Å². The summed E-state index contributed by atoms with van der Waals surface area (Å²) in [5.74, 6) is 0. The Balaban J connectivity index is 2.66. The normalized spacial score (nSPS) is 11.2. The molecule has 0 heterocycles. The maximum Gasteiger partial charge on any atom is 0.601 e. The van der Waals surface area contributed by atoms with Gasteiger partial charge in [0.25, 0.3) is 0 Å². The highest BCUT2D eigenvalue weighted by Crippen LogP contribution is 1.86. The zero-order valence-electron chi connectivity index (χ0n) is 5.75. The van der Waals surface area contributed by atoms with E-state index >= 15 is 0 Å². The Hall–Kier alpha value is -0.875. The number of nitrogens with zero attached hydrogens (tertiary/aromatic N) is 1. The van der Waals surface area contributed by atoms with Gasteiger partial charge in [0.05, 0.1) is 0 Å². The number of rotatable bonds is 2. The van der Waals surface area contributed by atoms with Crippen LogP contribution in [0.5, 0.6) is 0 Å². The van der Waals surface area contributed by atoms with Gasteiger partial charge >= 0.3 is 7.41 Å². The van der Waals surface area contributed by atoms with E-state index in [-0.39, 0.29) is 0 Å². The third kappa shape index (κ3) is 3.15. The third-order valence-electron chi connectivity index (χ3n) is 1.12. The molecular weight excluding hydrogens is 145 g/mol. The van der Waals surface area contributed by atoms with Crippen molar-refractivity contribution < 1.29 is 20.5 Å². The van der Waals surface area contributed by atoms with Crippen LogP contribution in [-0.2, 0) is 0 Å². The standard InChI is InChI=1S/C6H8BNO3/c9-8(10,11)7-6-4-2-1-3-5-6/h1-5,9-11H/q+1. The lowest BCUT2D eigenvalue weighted by Crippen LogP contribution is -2.46. The van der Waals surface area contributed by atoms with Gasteiger partial charge in [-0.15, -0.1) is 0 Å². The van der Waals surface area contributed by atoms with Crippen LogP contribution in [0.3, 0.4) is 0 Å². The van der Waals surface area contributed by atoms with Crippen molar-refractivity contribution in [2.45, 2.75) is 0 Å². The Kier molecular flexibility index (Phi) is 2.26. The fraction of sp³-hybridized carbons (Fsp3) is 0. The van der Waals surface area contributed by atoms with E-state index in [2.05, 4.69) is 0 Å². The molecule has 0 aliphatic carbocycles. The Morgan fingerprint density at radius 3 is 2.00 bits per heavy atom. The van der Waals surface area contributed by atoms with Crippen LogP contribution < -0.4 is 5.46 Å². The maximum absolute atomic E-state index is 8.46. The Morgan fingerprint density at radius 2 is 1.55 bits per heavy atom. The van der Waals surface area contributed by atoms with Crippen molar-refractivity contribution in [3.8, 4) is 0 Å². The summed E-state index contributed by atoms with van der Waals surface area (Å²) in [5.41, 5.74) is 0.528. The van der Waals surface area contributed by atoms with Crippen molar-refractivity contribution >= 4 is 12.9 Å². The molecule has 1 radical (unpaired) electrons. The number of benzene rings is 1. The minimum Gasteiger partial charge on any atom is -0.170 e. The summed E-state index contributed by atoms with van der Waals surface area (Å²) in [4.78, 5) is -2.13. The van der Waals surface area contributed by atoms with Gasteiger partial charge in [0.1, 0.15) is 0 Å². The second kappa shape index (κ2) is 3.02. The minimum atomic E-state index is -2.13. The van der Waals surface area contributed by atoms with Gasteiger partial charge in [0.2, 0.25) is 0 Å². The molecule has 0 aliphatic rings. The SMILES string of the molecule is O[N+](O)(O)[B]c1ccccc1. The van der Waals surface area contributed by atoms with Gasteiger partial charge in [-0.3, -0.25) is 0 Å². The van der Waals surface area contributed by atoms with Crippen LogP contribution in [0.25, 0.3) is 0 Å². The lowest BCUT2D eigenvalue weighted by atomic mass is 9.84. The van der Waals surface area contributed by atoms with Gasteiger partial charge < -0.3 is 0 Å². The second-order valence-corrected chi connectivity index (χ2v) is 2.15. The molecule has 5 heteroatoms. The van der Waals surface area contributed by atoms with Crippen molar-refractivity contribution in [3.63, 3.8) is 0 Å². The molecule has 1 aromatic carbocycles. The minimum absolute atomic E-state index is 0.528. The Morgan fingerprint density at radius 1 is 1.00 bits per heavy atom. The van der Waals surface area contributed by atoms with Crippen LogP contribution in [0.1, 0.15) is 0 Å². The van der Waals surface area contributed by atoms with Gasteiger partial charge in [-0.1, -0.05) is 30.3 Å². The predicted molar refractivity (Wildman–Crippen MR) is 37.4 cm³/mol. The molecule has 0 unspecified atom stereocenters. The Labute approximate surface area is 64.7 Å². The largest absolute Gasteiger partial charge is 0.601 e. The van der Waals surface area contributed by atoms with E-state index in [1.807, 2.05) is 0 Å². The lowest BCUT2D eigenvalue weighted by Gasteiger charge is -2.08. The van der Waals surface area contributed by atoms with Crippen LogP contribution in [0, 0.1) is 0 Å². The molecule has 0 fully saturated rings. The van der Waals surface area contributed by atoms with E-state index in [1.54, 1.807) is 30.3 Å². The molecule has 4 nitrogen and oxygen atoms in total. The molecule has 0 atom stereocenters. The first-order valence-electron chi connectivity index (χ1n) is 3.06. The predicted octanol–water partition coefficient (Wildman–Crippen LogP) is -0.0845. The van der Waals surface area contributed by atoms with Crippen molar-refractivity contribution in [3.05, 3.63) is 30.3 Å². The van der Waals surface area contributed by atoms with Crippen LogP contribution >= 0.6 is 0 Å². The zero-order valence-corrected chi connectivity index (χ0v) is 5.75. The molecule has 57 valence electrons. The molecule has 0 amide bonds. The Bertz CT molecular complexity index is 221. The smallest absolute Gasteiger partial charge is 0.170 e. The van der Waals surface area contributed by atoms with Gasteiger partial charge in [0.15, 0.2) is 0 Å². The van der Waals surface area contributed by atoms with E-state index in [4.69, 9.17) is 15.6 Å². The fourth-order valence-electron chi connectivity index (χ4n) is 0.739. The molecule has 0 aromatic heterocycles. The molecule has 1 aromatic rings. The molecule has 0 bridgehead atoms. The van der Waals surface area contributed by atoms with Gasteiger partial charge in [-0.25, -0.2) is 0 Å². The van der Waals surface area contributed by atoms with Crippen molar-refractivity contribution in [1.29, 1.82) is 0 Å². The number of hydrogen-bond acceptors (Lipinski definition) is 3. The lowest BCUT2D eigenvalue weighted by molar-refractivity contribution is -1.30. The quantitative estimate of drug-likeness (QED) is 0.411. The first-order chi connectivity index (χ1) is 5.08. The van der Waals surface area contributed by atoms with E-state index in [0.717, 1.165) is 7.41 Å². The monoisotopic (exact) mass is 153 g/mol. The first-order valence-corrected chi connectivity index (χ1v) is 3.06. The number of hydrogen-bond donors (Lipinski definition) is 3. The summed E-state index contributed by atoms with van der Waals surface area (Å²) in [5, 5.41) is 25.4. The topological polar surface area (TPSA) is 60.7 Å². The summed E-state index contributed by atoms with van der Waals surface area (Å²) in [6.45, 7) is 0. The van der Waals surface area contributed by atoms with Crippen molar-refractivity contribution in [2.75, 3.05) is 0 Å². The average Bonchev–Trinajstić information content (AvgIpc) is 1.85. The highest BCUT2D eigenvalue weighted by molar-refractivity contribution is 6.45. The fourth-order valence-corrected chi connectivity index (χ4v) is 0.739. The van der Waals surface area contributed by atoms with Crippen LogP contribution in [0.15, 0.2) is 30.3 Å². The van der Waals surface area contributed by atoms with Gasteiger partial charge in [-0.2, -0.15) is 15.6 Å². The molecule has 3 N–H and O–H groups in total. The molecular formula is C6H8BNO3+. The molecule has 0 saturated heterocycles. The van der Waals surface area contributed by atoms with Crippen LogP contribution in [-0.4, -0.2) is 27.9 Å². The highest BCUT2D eigenvalue weighted by Gasteiger charge is 2.26. The van der Waals surface area contributed by atoms with Gasteiger partial charge in [-0.05, 0) is 5.46 Å². The molecule has 0 saturated carbocycles. The second-order valence-electron chi connectivity index (χ2n) is 2.15. The van der Waals surface area contributed by atoms with Gasteiger partial charge in [0, 0.05) is 4.88 Å². The van der Waals surface area contributed by atoms with E-state index < -0.39 is 4.88 Å². The van der Waals surface area contributed by atoms with Crippen LogP contribution in [0.2, 0.25) is 0 Å². The first kappa shape index (κ1) is 8.22. The molecule has 0 aliphatic heterocycles. The summed E-state index contributed by atoms with van der Waals surface area (Å²) < 4.78 is 0. The zero-order chi connectivity index (χ0) is 8.32. The third-order valence-corrected chi connectivity index (χ3v) is 1.12. The molecule has 1 rings (SSSR count). The average molecular weight is 153 g/mol. The molecule has 11 heavy (non-hydrogen) atoms.